The van der Waals surface area contributed by atoms with Crippen molar-refractivity contribution in [2.45, 2.75) is 80.3 Å². The Balaban J connectivity index is 1.34. The third kappa shape index (κ3) is 6.62. The number of fused-ring (bicyclic) bond motifs is 12. The van der Waals surface area contributed by atoms with E-state index in [1.165, 1.54) is 41.5 Å². The number of hydrogen-bond acceptors (Lipinski definition) is 14. The van der Waals surface area contributed by atoms with Gasteiger partial charge in [0.2, 0.25) is 0 Å². The summed E-state index contributed by atoms with van der Waals surface area (Å²) in [5.74, 6) is -3.40. The lowest BCUT2D eigenvalue weighted by atomic mass is 9.67. The van der Waals surface area contributed by atoms with Crippen molar-refractivity contribution in [3.63, 3.8) is 0 Å². The topological polar surface area (TPSA) is 280 Å². The molecule has 302 valence electrons. The summed E-state index contributed by atoms with van der Waals surface area (Å²) < 4.78 is 31.1. The maximum atomic E-state index is 7.64. The maximum Gasteiger partial charge on any atom is 0.271 e. The van der Waals surface area contributed by atoms with E-state index >= 15 is 0 Å². The van der Waals surface area contributed by atoms with Gasteiger partial charge in [0.1, 0.15) is 17.2 Å². The van der Waals surface area contributed by atoms with Gasteiger partial charge in [0.05, 0.1) is 6.61 Å². The molecule has 18 N–H and O–H groups in total. The van der Waals surface area contributed by atoms with E-state index in [4.69, 9.17) is 75.3 Å². The summed E-state index contributed by atoms with van der Waals surface area (Å²) in [6.45, 7) is 0.453. The van der Waals surface area contributed by atoms with Gasteiger partial charge in [0, 0.05) is 44.9 Å². The Bertz CT molecular complexity index is 2360. The SMILES string of the molecule is NC(N)(N)Oc1ccc(C2(c3ccc(OC(N)(N)N)cc3)C=Cc3c4c(c5c6c(c(OC(N)(N)N)cc5c3O2)OCC6)-c2ccccc2C42CCCCCCC2)cc1. The van der Waals surface area contributed by atoms with E-state index in [1.807, 2.05) is 30.3 Å². The Labute approximate surface area is 336 Å². The molecule has 2 aliphatic heterocycles. The summed E-state index contributed by atoms with van der Waals surface area (Å²) in [6.07, 6.45) is 12.8. The van der Waals surface area contributed by atoms with Crippen molar-refractivity contribution in [1.82, 2.24) is 0 Å². The zero-order valence-electron chi connectivity index (χ0n) is 32.3. The number of hydrogen-bond donors (Lipinski definition) is 9. The molecule has 1 saturated carbocycles. The minimum Gasteiger partial charge on any atom is -0.489 e. The van der Waals surface area contributed by atoms with Crippen LogP contribution in [0.1, 0.15) is 78.3 Å². The lowest BCUT2D eigenvalue weighted by Gasteiger charge is -2.40. The van der Waals surface area contributed by atoms with Gasteiger partial charge in [-0.3, -0.25) is 51.6 Å². The first kappa shape index (κ1) is 38.3. The van der Waals surface area contributed by atoms with Crippen molar-refractivity contribution in [2.24, 2.45) is 51.6 Å². The van der Waals surface area contributed by atoms with Gasteiger partial charge in [-0.15, -0.1) is 0 Å². The van der Waals surface area contributed by atoms with E-state index in [-0.39, 0.29) is 5.41 Å². The molecular weight excluding hydrogens is 735 g/mol. The highest BCUT2D eigenvalue weighted by atomic mass is 16.6. The van der Waals surface area contributed by atoms with Crippen LogP contribution in [0.3, 0.4) is 0 Å². The maximum absolute atomic E-state index is 7.64. The fourth-order valence-corrected chi connectivity index (χ4v) is 9.73. The predicted octanol–water partition coefficient (Wildman–Crippen LogP) is 3.73. The number of rotatable bonds is 8. The van der Waals surface area contributed by atoms with Crippen LogP contribution in [0.25, 0.3) is 28.0 Å². The summed E-state index contributed by atoms with van der Waals surface area (Å²) in [7, 11) is 0. The van der Waals surface area contributed by atoms with Crippen LogP contribution < -0.4 is 75.3 Å². The fourth-order valence-electron chi connectivity index (χ4n) is 9.73. The van der Waals surface area contributed by atoms with Crippen molar-refractivity contribution in [1.29, 1.82) is 0 Å². The Kier molecular flexibility index (Phi) is 9.01. The van der Waals surface area contributed by atoms with Crippen LogP contribution in [0.2, 0.25) is 0 Å². The third-order valence-corrected chi connectivity index (χ3v) is 11.8. The molecular formula is C44H51N9O5. The number of nitrogens with two attached hydrogens (primary N) is 9. The first-order chi connectivity index (χ1) is 27.6. The number of benzene rings is 5. The molecule has 0 amide bonds. The van der Waals surface area contributed by atoms with Crippen molar-refractivity contribution in [2.75, 3.05) is 6.61 Å². The lowest BCUT2D eigenvalue weighted by Crippen LogP contribution is -2.62. The normalized spacial score (nSPS) is 17.9. The van der Waals surface area contributed by atoms with Crippen molar-refractivity contribution in [3.05, 3.63) is 118 Å². The van der Waals surface area contributed by atoms with Gasteiger partial charge in [-0.2, -0.15) is 0 Å². The van der Waals surface area contributed by atoms with Gasteiger partial charge in [0.15, 0.2) is 17.1 Å². The highest BCUT2D eigenvalue weighted by Crippen LogP contribution is 2.63. The Hall–Kier alpha value is -5.26. The van der Waals surface area contributed by atoms with Gasteiger partial charge in [0.25, 0.3) is 17.9 Å². The summed E-state index contributed by atoms with van der Waals surface area (Å²) in [6, 6.07) is 25.3. The second-order valence-corrected chi connectivity index (χ2v) is 16.2. The quantitative estimate of drug-likeness (QED) is 0.101. The van der Waals surface area contributed by atoms with Gasteiger partial charge < -0.3 is 23.7 Å². The molecule has 5 aromatic carbocycles. The van der Waals surface area contributed by atoms with E-state index in [0.717, 1.165) is 58.7 Å². The molecule has 0 atom stereocenters. The van der Waals surface area contributed by atoms with E-state index < -0.39 is 23.5 Å². The highest BCUT2D eigenvalue weighted by Gasteiger charge is 2.49. The molecule has 0 saturated heterocycles. The van der Waals surface area contributed by atoms with Crippen LogP contribution in [-0.2, 0) is 17.4 Å². The lowest BCUT2D eigenvalue weighted by molar-refractivity contribution is 0.0859. The van der Waals surface area contributed by atoms with Crippen LogP contribution in [-0.4, -0.2) is 24.5 Å². The Morgan fingerprint density at radius 3 is 1.78 bits per heavy atom. The second kappa shape index (κ2) is 13.7. The zero-order chi connectivity index (χ0) is 40.7. The highest BCUT2D eigenvalue weighted by molar-refractivity contribution is 6.11. The average molecular weight is 786 g/mol. The molecule has 0 aromatic heterocycles. The Morgan fingerprint density at radius 1 is 0.621 bits per heavy atom. The van der Waals surface area contributed by atoms with Gasteiger partial charge >= 0.3 is 0 Å². The molecule has 1 spiro atoms. The Morgan fingerprint density at radius 2 is 1.19 bits per heavy atom. The van der Waals surface area contributed by atoms with E-state index in [9.17, 15) is 0 Å². The van der Waals surface area contributed by atoms with E-state index in [0.29, 0.717) is 41.8 Å². The summed E-state index contributed by atoms with van der Waals surface area (Å²) >= 11 is 0. The van der Waals surface area contributed by atoms with Crippen LogP contribution >= 0.6 is 0 Å². The minimum atomic E-state index is -1.97. The van der Waals surface area contributed by atoms with E-state index in [1.54, 1.807) is 24.3 Å². The number of ether oxygens (including phenoxy) is 5. The largest absolute Gasteiger partial charge is 0.489 e. The summed E-state index contributed by atoms with van der Waals surface area (Å²) in [4.78, 5) is 0. The molecule has 5 aromatic rings. The molecule has 9 rings (SSSR count). The molecule has 0 bridgehead atoms. The molecule has 0 unspecified atom stereocenters. The standard InChI is InChI=1S/C44H51N9O5/c45-42(46,47)55-27-14-10-25(11-15-27)41(26-12-16-28(17-13-26)56-43(48,49)50)22-18-31-37-36(29-8-4-5-9-33(29)40(37)20-6-2-1-3-7-21-40)35-30-19-23-54-39(30)34(57-44(51,52)53)24-32(35)38(31)58-41/h4-5,8-18,22,24H,1-3,6-7,19-21,23,45-53H2. The van der Waals surface area contributed by atoms with Gasteiger partial charge in [-0.05, 0) is 71.5 Å². The first-order valence-electron chi connectivity index (χ1n) is 19.7. The van der Waals surface area contributed by atoms with Crippen molar-refractivity contribution in [3.8, 4) is 39.9 Å². The van der Waals surface area contributed by atoms with Crippen LogP contribution in [0.15, 0.2) is 84.9 Å². The first-order valence-corrected chi connectivity index (χ1v) is 19.7. The smallest absolute Gasteiger partial charge is 0.271 e. The minimum absolute atomic E-state index is 0.239. The monoisotopic (exact) mass is 785 g/mol. The predicted molar refractivity (Wildman–Crippen MR) is 223 cm³/mol. The molecule has 2 heterocycles. The molecule has 1 fully saturated rings. The van der Waals surface area contributed by atoms with Crippen molar-refractivity contribution >= 4 is 16.8 Å². The van der Waals surface area contributed by atoms with Crippen molar-refractivity contribution < 1.29 is 23.7 Å². The second-order valence-electron chi connectivity index (χ2n) is 16.2. The van der Waals surface area contributed by atoms with Crippen LogP contribution in [0, 0.1) is 0 Å². The molecule has 0 radical (unpaired) electrons. The molecule has 14 heteroatoms. The third-order valence-electron chi connectivity index (χ3n) is 11.8. The summed E-state index contributed by atoms with van der Waals surface area (Å²) in [5, 5.41) is 1.85. The van der Waals surface area contributed by atoms with Crippen LogP contribution in [0.5, 0.6) is 28.7 Å². The van der Waals surface area contributed by atoms with Gasteiger partial charge in [-0.25, -0.2) is 0 Å². The molecule has 58 heavy (non-hydrogen) atoms. The zero-order valence-corrected chi connectivity index (χ0v) is 32.3. The molecule has 4 aliphatic rings. The molecule has 14 nitrogen and oxygen atoms in total. The summed E-state index contributed by atoms with van der Waals surface area (Å²) in [5.41, 5.74) is 60.1. The van der Waals surface area contributed by atoms with Gasteiger partial charge in [-0.1, -0.05) is 86.7 Å². The van der Waals surface area contributed by atoms with E-state index in [2.05, 4.69) is 36.4 Å². The van der Waals surface area contributed by atoms with Crippen LogP contribution in [0.4, 0.5) is 0 Å². The fraction of sp³-hybridized carbons (Fsp3) is 0.318. The average Bonchev–Trinajstić information content (AvgIpc) is 3.75. The molecule has 2 aliphatic carbocycles.